The fraction of sp³-hybridized carbons (Fsp3) is 0. The molecule has 6 aromatic carbocycles. The van der Waals surface area contributed by atoms with Crippen LogP contribution in [0.3, 0.4) is 0 Å². The van der Waals surface area contributed by atoms with Crippen LogP contribution in [-0.2, 0) is 0 Å². The second-order valence-corrected chi connectivity index (χ2v) is 10.9. The first kappa shape index (κ1) is 20.0. The minimum atomic E-state index is -0.421. The Labute approximate surface area is 268 Å². The summed E-state index contributed by atoms with van der Waals surface area (Å²) in [5.74, 6) is 1.30. The van der Waals surface area contributed by atoms with Crippen LogP contribution in [0.2, 0.25) is 0 Å². The number of nitrogens with zero attached hydrogens (tertiary/aromatic N) is 2. The molecule has 210 valence electrons. The second-order valence-electron chi connectivity index (χ2n) is 10.9. The molecule has 9 rings (SSSR count). The Kier molecular flexibility index (Phi) is 4.57. The van der Waals surface area contributed by atoms with Crippen molar-refractivity contribution < 1.29 is 12.6 Å². The van der Waals surface area contributed by atoms with Crippen molar-refractivity contribution in [3.63, 3.8) is 0 Å². The molecule has 0 aliphatic heterocycles. The predicted octanol–water partition coefficient (Wildman–Crippen LogP) is 11.4. The van der Waals surface area contributed by atoms with Crippen molar-refractivity contribution >= 4 is 43.4 Å². The molecule has 0 aliphatic rings. The van der Waals surface area contributed by atoms with E-state index in [0.717, 1.165) is 32.7 Å². The quantitative estimate of drug-likeness (QED) is 0.194. The lowest BCUT2D eigenvalue weighted by Gasteiger charge is -2.13. The molecular formula is C42H26N2O. The molecule has 0 bridgehead atoms. The number of rotatable bonds is 4. The van der Waals surface area contributed by atoms with Crippen LogP contribution in [0, 0.1) is 0 Å². The molecule has 45 heavy (non-hydrogen) atoms. The van der Waals surface area contributed by atoms with Crippen molar-refractivity contribution in [2.24, 2.45) is 0 Å². The van der Waals surface area contributed by atoms with Crippen molar-refractivity contribution in [2.45, 2.75) is 0 Å². The van der Waals surface area contributed by atoms with E-state index in [1.54, 1.807) is 18.3 Å². The number of hydrogen-bond acceptors (Lipinski definition) is 3. The molecule has 0 fully saturated rings. The first-order chi connectivity index (χ1) is 24.8. The van der Waals surface area contributed by atoms with Crippen LogP contribution in [0.25, 0.3) is 88.4 Å². The van der Waals surface area contributed by atoms with Gasteiger partial charge >= 0.3 is 0 Å². The Bertz CT molecular complexity index is 2900. The fourth-order valence-electron chi connectivity index (χ4n) is 6.12. The molecule has 0 unspecified atom stereocenters. The first-order valence-corrected chi connectivity index (χ1v) is 14.7. The molecule has 0 saturated heterocycles. The van der Waals surface area contributed by atoms with Gasteiger partial charge in [0.1, 0.15) is 11.5 Å². The zero-order valence-electron chi connectivity index (χ0n) is 29.8. The summed E-state index contributed by atoms with van der Waals surface area (Å²) in [4.78, 5) is 9.47. The molecule has 3 heteroatoms. The molecule has 0 spiro atoms. The number of furan rings is 1. The highest BCUT2D eigenvalue weighted by Crippen LogP contribution is 2.38. The summed E-state index contributed by atoms with van der Waals surface area (Å²) in [7, 11) is 0. The minimum Gasteiger partial charge on any atom is -0.456 e. The van der Waals surface area contributed by atoms with Gasteiger partial charge in [0.2, 0.25) is 0 Å². The van der Waals surface area contributed by atoms with Crippen LogP contribution < -0.4 is 0 Å². The molecule has 0 atom stereocenters. The topological polar surface area (TPSA) is 38.9 Å². The van der Waals surface area contributed by atoms with Gasteiger partial charge in [-0.3, -0.25) is 4.98 Å². The van der Waals surface area contributed by atoms with Crippen LogP contribution in [0.4, 0.5) is 0 Å². The van der Waals surface area contributed by atoms with E-state index >= 15 is 0 Å². The zero-order valence-corrected chi connectivity index (χ0v) is 23.8. The lowest BCUT2D eigenvalue weighted by atomic mass is 9.92. The van der Waals surface area contributed by atoms with E-state index in [1.165, 1.54) is 0 Å². The van der Waals surface area contributed by atoms with E-state index in [0.29, 0.717) is 33.8 Å². The summed E-state index contributed by atoms with van der Waals surface area (Å²) in [5, 5.41) is 4.20. The van der Waals surface area contributed by atoms with Gasteiger partial charge in [-0.05, 0) is 63.0 Å². The number of benzene rings is 6. The van der Waals surface area contributed by atoms with Crippen molar-refractivity contribution in [1.82, 2.24) is 9.97 Å². The lowest BCUT2D eigenvalue weighted by Crippen LogP contribution is -1.91. The van der Waals surface area contributed by atoms with Crippen molar-refractivity contribution in [1.29, 1.82) is 0 Å². The Morgan fingerprint density at radius 3 is 2.13 bits per heavy atom. The summed E-state index contributed by atoms with van der Waals surface area (Å²) >= 11 is 0. The zero-order chi connectivity index (χ0) is 35.0. The smallest absolute Gasteiger partial charge is 0.135 e. The van der Waals surface area contributed by atoms with Crippen LogP contribution in [0.5, 0.6) is 0 Å². The lowest BCUT2D eigenvalue weighted by molar-refractivity contribution is 0.598. The highest BCUT2D eigenvalue weighted by Gasteiger charge is 2.14. The Balaban J connectivity index is 1.26. The van der Waals surface area contributed by atoms with Gasteiger partial charge in [0.15, 0.2) is 0 Å². The molecule has 3 heterocycles. The third-order valence-corrected chi connectivity index (χ3v) is 8.29. The van der Waals surface area contributed by atoms with Gasteiger partial charge in [-0.2, -0.15) is 0 Å². The standard InChI is InChI=1S/C42H26N2O/c1-2-13-32-27(8-1)9-6-16-37(32)40-24-23-39(45-40)31-11-5-10-30(26-31)33-20-21-36(35-15-4-3-14-34(33)35)38-22-19-29-18-17-28-12-7-25-43-41(28)42(29)44-38/h1-26H/i3D,4D,14D,15D,20D,21D. The van der Waals surface area contributed by atoms with Gasteiger partial charge in [-0.1, -0.05) is 121 Å². The van der Waals surface area contributed by atoms with Crippen LogP contribution in [0.15, 0.2) is 162 Å². The Hall–Kier alpha value is -6.06. The Morgan fingerprint density at radius 2 is 1.20 bits per heavy atom. The monoisotopic (exact) mass is 580 g/mol. The molecule has 0 radical (unpaired) electrons. The normalized spacial score (nSPS) is 13.4. The highest BCUT2D eigenvalue weighted by atomic mass is 16.3. The first-order valence-electron chi connectivity index (χ1n) is 17.7. The average Bonchev–Trinajstić information content (AvgIpc) is 3.67. The molecular weight excluding hydrogens is 548 g/mol. The highest BCUT2D eigenvalue weighted by molar-refractivity contribution is 6.07. The molecule has 9 aromatic rings. The second kappa shape index (κ2) is 10.3. The summed E-state index contributed by atoms with van der Waals surface area (Å²) in [5.41, 5.74) is 4.22. The minimum absolute atomic E-state index is 0.138. The number of hydrogen-bond donors (Lipinski definition) is 0. The van der Waals surface area contributed by atoms with Crippen LogP contribution in [0.1, 0.15) is 8.22 Å². The largest absolute Gasteiger partial charge is 0.456 e. The van der Waals surface area contributed by atoms with Crippen molar-refractivity contribution in [3.8, 4) is 45.0 Å². The maximum absolute atomic E-state index is 9.35. The SMILES string of the molecule is [2H]c1c([2H])c([2H])c2c(-c3ccc4ccc5cccnc5c4n3)c([2H])c([2H])c(-c3cccc(-c4ccc(-c5cccc6ccccc56)o4)c3)c2c1[2H]. The van der Waals surface area contributed by atoms with E-state index in [1.807, 2.05) is 84.9 Å². The van der Waals surface area contributed by atoms with Gasteiger partial charge in [0.25, 0.3) is 0 Å². The average molecular weight is 581 g/mol. The summed E-state index contributed by atoms with van der Waals surface area (Å²) in [6, 6.07) is 34.9. The van der Waals surface area contributed by atoms with Crippen molar-refractivity contribution in [2.75, 3.05) is 0 Å². The molecule has 0 aliphatic carbocycles. The van der Waals surface area contributed by atoms with Gasteiger partial charge < -0.3 is 4.42 Å². The summed E-state index contributed by atoms with van der Waals surface area (Å²) in [6.45, 7) is 0. The molecule has 0 amide bonds. The van der Waals surface area contributed by atoms with E-state index in [-0.39, 0.29) is 46.1 Å². The van der Waals surface area contributed by atoms with Crippen molar-refractivity contribution in [3.05, 3.63) is 158 Å². The molecule has 3 aromatic heterocycles. The number of fused-ring (bicyclic) bond motifs is 5. The van der Waals surface area contributed by atoms with Gasteiger partial charge in [0, 0.05) is 33.7 Å². The molecule has 3 nitrogen and oxygen atoms in total. The van der Waals surface area contributed by atoms with E-state index < -0.39 is 12.1 Å². The molecule has 0 saturated carbocycles. The predicted molar refractivity (Wildman–Crippen MR) is 186 cm³/mol. The van der Waals surface area contributed by atoms with Gasteiger partial charge in [-0.25, -0.2) is 4.98 Å². The fourth-order valence-corrected chi connectivity index (χ4v) is 6.12. The van der Waals surface area contributed by atoms with Crippen LogP contribution >= 0.6 is 0 Å². The van der Waals surface area contributed by atoms with E-state index in [4.69, 9.17) is 14.9 Å². The van der Waals surface area contributed by atoms with Crippen LogP contribution in [-0.4, -0.2) is 9.97 Å². The third kappa shape index (κ3) is 4.29. The van der Waals surface area contributed by atoms with E-state index in [9.17, 15) is 2.74 Å². The molecule has 0 N–H and O–H groups in total. The van der Waals surface area contributed by atoms with E-state index in [2.05, 4.69) is 23.2 Å². The maximum Gasteiger partial charge on any atom is 0.135 e. The summed E-state index contributed by atoms with van der Waals surface area (Å²) in [6.07, 6.45) is 1.69. The van der Waals surface area contributed by atoms with Gasteiger partial charge in [-0.15, -0.1) is 0 Å². The Morgan fingerprint density at radius 1 is 0.489 bits per heavy atom. The number of aromatic nitrogens is 2. The van der Waals surface area contributed by atoms with Gasteiger partial charge in [0.05, 0.1) is 25.0 Å². The summed E-state index contributed by atoms with van der Waals surface area (Å²) < 4.78 is 60.4. The number of pyridine rings is 2. The maximum atomic E-state index is 9.35. The third-order valence-electron chi connectivity index (χ3n) is 8.29.